The SMILES string of the molecule is N#CCN[C@@H](CC1CCCCC1)C(N)=O. The molecular weight excluding hydrogens is 190 g/mol. The number of carbonyl (C=O) groups is 1. The molecule has 4 heteroatoms. The summed E-state index contributed by atoms with van der Waals surface area (Å²) in [5.74, 6) is 0.262. The molecule has 0 heterocycles. The molecule has 0 bridgehead atoms. The van der Waals surface area contributed by atoms with Gasteiger partial charge in [0.1, 0.15) is 0 Å². The van der Waals surface area contributed by atoms with Crippen LogP contribution in [0, 0.1) is 17.2 Å². The maximum Gasteiger partial charge on any atom is 0.234 e. The third kappa shape index (κ3) is 4.30. The lowest BCUT2D eigenvalue weighted by Crippen LogP contribution is -2.42. The van der Waals surface area contributed by atoms with Crippen molar-refractivity contribution in [3.63, 3.8) is 0 Å². The Morgan fingerprint density at radius 2 is 2.13 bits per heavy atom. The van der Waals surface area contributed by atoms with Crippen LogP contribution in [-0.4, -0.2) is 18.5 Å². The normalized spacial score (nSPS) is 19.4. The van der Waals surface area contributed by atoms with Gasteiger partial charge in [0.2, 0.25) is 5.91 Å². The second-order valence-electron chi connectivity index (χ2n) is 4.23. The number of nitrogens with one attached hydrogen (secondary N) is 1. The van der Waals surface area contributed by atoms with E-state index in [1.807, 2.05) is 6.07 Å². The first-order chi connectivity index (χ1) is 7.24. The fraction of sp³-hybridized carbons (Fsp3) is 0.818. The highest BCUT2D eigenvalue weighted by Crippen LogP contribution is 2.27. The molecule has 3 N–H and O–H groups in total. The molecule has 0 spiro atoms. The highest BCUT2D eigenvalue weighted by Gasteiger charge is 2.21. The Morgan fingerprint density at radius 3 is 2.67 bits per heavy atom. The van der Waals surface area contributed by atoms with Crippen LogP contribution < -0.4 is 11.1 Å². The summed E-state index contributed by atoms with van der Waals surface area (Å²) in [4.78, 5) is 11.1. The quantitative estimate of drug-likeness (QED) is 0.661. The molecule has 0 aromatic rings. The molecule has 1 fully saturated rings. The van der Waals surface area contributed by atoms with Gasteiger partial charge in [0.15, 0.2) is 0 Å². The average Bonchev–Trinajstić information content (AvgIpc) is 2.25. The van der Waals surface area contributed by atoms with Crippen molar-refractivity contribution >= 4 is 5.91 Å². The molecule has 84 valence electrons. The molecule has 1 rings (SSSR count). The zero-order valence-corrected chi connectivity index (χ0v) is 9.04. The monoisotopic (exact) mass is 209 g/mol. The lowest BCUT2D eigenvalue weighted by Gasteiger charge is -2.25. The molecule has 1 aliphatic carbocycles. The summed E-state index contributed by atoms with van der Waals surface area (Å²) < 4.78 is 0. The first-order valence-corrected chi connectivity index (χ1v) is 5.63. The van der Waals surface area contributed by atoms with E-state index in [-0.39, 0.29) is 18.5 Å². The molecule has 1 atom stereocenters. The van der Waals surface area contributed by atoms with Gasteiger partial charge in [-0.3, -0.25) is 10.1 Å². The van der Waals surface area contributed by atoms with Gasteiger partial charge in [-0.25, -0.2) is 0 Å². The van der Waals surface area contributed by atoms with E-state index in [0.717, 1.165) is 6.42 Å². The summed E-state index contributed by atoms with van der Waals surface area (Å²) in [5.41, 5.74) is 5.28. The van der Waals surface area contributed by atoms with E-state index >= 15 is 0 Å². The molecule has 1 aliphatic rings. The zero-order chi connectivity index (χ0) is 11.1. The van der Waals surface area contributed by atoms with Gasteiger partial charge in [-0.1, -0.05) is 32.1 Å². The number of carbonyl (C=O) groups excluding carboxylic acids is 1. The first-order valence-electron chi connectivity index (χ1n) is 5.63. The van der Waals surface area contributed by atoms with Crippen LogP contribution in [0.3, 0.4) is 0 Å². The van der Waals surface area contributed by atoms with E-state index in [4.69, 9.17) is 11.0 Å². The van der Waals surface area contributed by atoms with Crippen molar-refractivity contribution in [3.8, 4) is 6.07 Å². The number of hydrogen-bond donors (Lipinski definition) is 2. The summed E-state index contributed by atoms with van der Waals surface area (Å²) in [7, 11) is 0. The van der Waals surface area contributed by atoms with Crippen LogP contribution in [0.15, 0.2) is 0 Å². The first kappa shape index (κ1) is 12.0. The summed E-state index contributed by atoms with van der Waals surface area (Å²) in [6.45, 7) is 0.195. The van der Waals surface area contributed by atoms with Crippen LogP contribution in [0.5, 0.6) is 0 Å². The van der Waals surface area contributed by atoms with Crippen LogP contribution >= 0.6 is 0 Å². The molecule has 15 heavy (non-hydrogen) atoms. The molecule has 4 nitrogen and oxygen atoms in total. The lowest BCUT2D eigenvalue weighted by molar-refractivity contribution is -0.120. The number of nitrogens with zero attached hydrogens (tertiary/aromatic N) is 1. The number of nitrogens with two attached hydrogens (primary N) is 1. The van der Waals surface area contributed by atoms with Crippen molar-refractivity contribution in [2.24, 2.45) is 11.7 Å². The Bertz CT molecular complexity index is 241. The third-order valence-corrected chi connectivity index (χ3v) is 3.06. The van der Waals surface area contributed by atoms with E-state index in [1.54, 1.807) is 0 Å². The number of primary amides is 1. The van der Waals surface area contributed by atoms with E-state index in [1.165, 1.54) is 32.1 Å². The standard InChI is InChI=1S/C11H19N3O/c12-6-7-14-10(11(13)15)8-9-4-2-1-3-5-9/h9-10,14H,1-5,7-8H2,(H2,13,15)/t10-/m0/s1. The predicted octanol–water partition coefficient (Wildman–Crippen LogP) is 0.924. The van der Waals surface area contributed by atoms with Crippen LogP contribution in [0.2, 0.25) is 0 Å². The van der Waals surface area contributed by atoms with E-state index < -0.39 is 0 Å². The highest BCUT2D eigenvalue weighted by molar-refractivity contribution is 5.79. The van der Waals surface area contributed by atoms with Gasteiger partial charge in [-0.05, 0) is 12.3 Å². The minimum absolute atomic E-state index is 0.195. The van der Waals surface area contributed by atoms with E-state index in [2.05, 4.69) is 5.32 Å². The molecule has 0 aliphatic heterocycles. The number of hydrogen-bond acceptors (Lipinski definition) is 3. The summed E-state index contributed by atoms with van der Waals surface area (Å²) in [6, 6.07) is 1.65. The van der Waals surface area contributed by atoms with Crippen molar-refractivity contribution in [1.29, 1.82) is 5.26 Å². The average molecular weight is 209 g/mol. The Hall–Kier alpha value is -1.08. The number of amides is 1. The minimum atomic E-state index is -0.337. The Morgan fingerprint density at radius 1 is 1.47 bits per heavy atom. The molecular formula is C11H19N3O. The van der Waals surface area contributed by atoms with Gasteiger partial charge in [0, 0.05) is 0 Å². The minimum Gasteiger partial charge on any atom is -0.368 e. The third-order valence-electron chi connectivity index (χ3n) is 3.06. The molecule has 0 radical (unpaired) electrons. The van der Waals surface area contributed by atoms with Gasteiger partial charge in [0.05, 0.1) is 18.7 Å². The van der Waals surface area contributed by atoms with Crippen LogP contribution in [-0.2, 0) is 4.79 Å². The van der Waals surface area contributed by atoms with Gasteiger partial charge in [-0.2, -0.15) is 5.26 Å². The molecule has 1 amide bonds. The van der Waals surface area contributed by atoms with Crippen molar-refractivity contribution in [1.82, 2.24) is 5.32 Å². The molecule has 0 aromatic heterocycles. The summed E-state index contributed by atoms with van der Waals surface area (Å²) in [5, 5.41) is 11.3. The van der Waals surface area contributed by atoms with Gasteiger partial charge in [-0.15, -0.1) is 0 Å². The van der Waals surface area contributed by atoms with Gasteiger partial charge in [0.25, 0.3) is 0 Å². The Balaban J connectivity index is 2.35. The van der Waals surface area contributed by atoms with Crippen molar-refractivity contribution < 1.29 is 4.79 Å². The second-order valence-corrected chi connectivity index (χ2v) is 4.23. The Labute approximate surface area is 90.8 Å². The van der Waals surface area contributed by atoms with Crippen molar-refractivity contribution in [3.05, 3.63) is 0 Å². The van der Waals surface area contributed by atoms with Crippen LogP contribution in [0.1, 0.15) is 38.5 Å². The largest absolute Gasteiger partial charge is 0.368 e. The Kier molecular flexibility index (Phi) is 5.13. The van der Waals surface area contributed by atoms with Crippen LogP contribution in [0.25, 0.3) is 0 Å². The van der Waals surface area contributed by atoms with Crippen molar-refractivity contribution in [2.45, 2.75) is 44.6 Å². The maximum atomic E-state index is 11.1. The van der Waals surface area contributed by atoms with Crippen LogP contribution in [0.4, 0.5) is 0 Å². The predicted molar refractivity (Wildman–Crippen MR) is 57.8 cm³/mol. The highest BCUT2D eigenvalue weighted by atomic mass is 16.1. The number of rotatable bonds is 5. The van der Waals surface area contributed by atoms with Crippen molar-refractivity contribution in [2.75, 3.05) is 6.54 Å². The summed E-state index contributed by atoms with van der Waals surface area (Å²) >= 11 is 0. The topological polar surface area (TPSA) is 78.9 Å². The second kappa shape index (κ2) is 6.41. The smallest absolute Gasteiger partial charge is 0.234 e. The molecule has 1 saturated carbocycles. The summed E-state index contributed by atoms with van der Waals surface area (Å²) in [6.07, 6.45) is 7.00. The number of nitriles is 1. The van der Waals surface area contributed by atoms with E-state index in [0.29, 0.717) is 5.92 Å². The van der Waals surface area contributed by atoms with Gasteiger partial charge < -0.3 is 5.73 Å². The van der Waals surface area contributed by atoms with E-state index in [9.17, 15) is 4.79 Å². The lowest BCUT2D eigenvalue weighted by atomic mass is 9.84. The fourth-order valence-electron chi connectivity index (χ4n) is 2.23. The molecule has 0 aromatic carbocycles. The maximum absolute atomic E-state index is 11.1. The molecule has 0 saturated heterocycles. The fourth-order valence-corrected chi connectivity index (χ4v) is 2.23. The molecule has 0 unspecified atom stereocenters. The van der Waals surface area contributed by atoms with Gasteiger partial charge >= 0.3 is 0 Å². The zero-order valence-electron chi connectivity index (χ0n) is 9.04.